The lowest BCUT2D eigenvalue weighted by molar-refractivity contribution is 0.0942. The lowest BCUT2D eigenvalue weighted by atomic mass is 10.1. The first-order valence-electron chi connectivity index (χ1n) is 8.65. The molecule has 1 atom stereocenters. The van der Waals surface area contributed by atoms with Crippen LogP contribution in [0, 0.1) is 11.8 Å². The van der Waals surface area contributed by atoms with Crippen LogP contribution in [0.25, 0.3) is 10.9 Å². The summed E-state index contributed by atoms with van der Waals surface area (Å²) in [6.45, 7) is 8.36. The van der Waals surface area contributed by atoms with Crippen LogP contribution in [0.3, 0.4) is 0 Å². The van der Waals surface area contributed by atoms with Gasteiger partial charge in [-0.2, -0.15) is 0 Å². The van der Waals surface area contributed by atoms with E-state index in [0.717, 1.165) is 26.1 Å². The van der Waals surface area contributed by atoms with E-state index in [1.54, 1.807) is 6.07 Å². The van der Waals surface area contributed by atoms with E-state index in [-0.39, 0.29) is 11.3 Å². The van der Waals surface area contributed by atoms with Crippen molar-refractivity contribution in [1.29, 1.82) is 0 Å². The van der Waals surface area contributed by atoms with E-state index < -0.39 is 0 Å². The minimum Gasteiger partial charge on any atom is -0.350 e. The van der Waals surface area contributed by atoms with Crippen molar-refractivity contribution in [2.75, 3.05) is 26.2 Å². The Bertz CT molecular complexity index is 782. The van der Waals surface area contributed by atoms with Crippen LogP contribution >= 0.6 is 0 Å². The first-order chi connectivity index (χ1) is 11.5. The Labute approximate surface area is 142 Å². The van der Waals surface area contributed by atoms with Crippen LogP contribution in [-0.2, 0) is 0 Å². The number of likely N-dealkylation sites (tertiary alicyclic amines) is 1. The third kappa shape index (κ3) is 3.85. The molecule has 5 heteroatoms. The van der Waals surface area contributed by atoms with Crippen LogP contribution in [-0.4, -0.2) is 42.0 Å². The summed E-state index contributed by atoms with van der Waals surface area (Å²) in [7, 11) is 0. The maximum atomic E-state index is 12.4. The largest absolute Gasteiger partial charge is 0.350 e. The molecule has 1 aromatic heterocycles. The van der Waals surface area contributed by atoms with Gasteiger partial charge in [0.1, 0.15) is 5.69 Å². The first-order valence-corrected chi connectivity index (χ1v) is 8.65. The highest BCUT2D eigenvalue weighted by molar-refractivity contribution is 5.94. The van der Waals surface area contributed by atoms with Crippen LogP contribution in [0.2, 0.25) is 0 Å². The number of nitrogens with zero attached hydrogens (tertiary/aromatic N) is 1. The number of nitrogens with one attached hydrogen (secondary N) is 2. The number of benzene rings is 1. The van der Waals surface area contributed by atoms with Crippen molar-refractivity contribution in [3.8, 4) is 0 Å². The number of hydrogen-bond donors (Lipinski definition) is 2. The maximum Gasteiger partial charge on any atom is 0.267 e. The summed E-state index contributed by atoms with van der Waals surface area (Å²) in [6, 6.07) is 8.63. The van der Waals surface area contributed by atoms with Crippen LogP contribution in [0.1, 0.15) is 30.8 Å². The van der Waals surface area contributed by atoms with Crippen LogP contribution in [0.5, 0.6) is 0 Å². The fraction of sp³-hybridized carbons (Fsp3) is 0.474. The number of para-hydroxylation sites is 1. The lowest BCUT2D eigenvalue weighted by Gasteiger charge is -2.18. The van der Waals surface area contributed by atoms with Gasteiger partial charge in [0.05, 0.1) is 0 Å². The van der Waals surface area contributed by atoms with E-state index in [4.69, 9.17) is 0 Å². The fourth-order valence-electron chi connectivity index (χ4n) is 3.41. The maximum absolute atomic E-state index is 12.4. The van der Waals surface area contributed by atoms with Gasteiger partial charge in [0, 0.05) is 36.6 Å². The van der Waals surface area contributed by atoms with Crippen LogP contribution in [0.15, 0.2) is 35.1 Å². The van der Waals surface area contributed by atoms with Crippen LogP contribution in [0.4, 0.5) is 0 Å². The molecule has 3 rings (SSSR count). The van der Waals surface area contributed by atoms with E-state index in [1.807, 2.05) is 18.2 Å². The van der Waals surface area contributed by atoms with Gasteiger partial charge in [0.25, 0.3) is 5.91 Å². The second kappa shape index (κ2) is 7.18. The number of pyridine rings is 1. The van der Waals surface area contributed by atoms with E-state index in [2.05, 4.69) is 29.0 Å². The molecule has 1 aliphatic rings. The van der Waals surface area contributed by atoms with E-state index in [9.17, 15) is 9.59 Å². The van der Waals surface area contributed by atoms with Gasteiger partial charge in [-0.25, -0.2) is 0 Å². The molecule has 0 bridgehead atoms. The Balaban J connectivity index is 1.61. The van der Waals surface area contributed by atoms with Crippen LogP contribution < -0.4 is 10.7 Å². The minimum absolute atomic E-state index is 0.126. The second-order valence-electron chi connectivity index (χ2n) is 7.11. The van der Waals surface area contributed by atoms with Gasteiger partial charge in [-0.1, -0.05) is 26.0 Å². The summed E-state index contributed by atoms with van der Waals surface area (Å²) in [4.78, 5) is 30.0. The lowest BCUT2D eigenvalue weighted by Crippen LogP contribution is -2.32. The molecule has 2 aromatic rings. The zero-order chi connectivity index (χ0) is 17.1. The van der Waals surface area contributed by atoms with E-state index >= 15 is 0 Å². The molecule has 0 spiro atoms. The highest BCUT2D eigenvalue weighted by atomic mass is 16.2. The average molecular weight is 327 g/mol. The Morgan fingerprint density at radius 1 is 1.38 bits per heavy atom. The molecule has 0 aliphatic carbocycles. The number of amides is 1. The third-order valence-corrected chi connectivity index (χ3v) is 4.53. The smallest absolute Gasteiger partial charge is 0.267 e. The summed E-state index contributed by atoms with van der Waals surface area (Å²) in [5.41, 5.74) is 0.897. The Hall–Kier alpha value is -2.14. The minimum atomic E-state index is -0.208. The van der Waals surface area contributed by atoms with Gasteiger partial charge < -0.3 is 15.2 Å². The highest BCUT2D eigenvalue weighted by Gasteiger charge is 2.23. The molecule has 24 heavy (non-hydrogen) atoms. The Morgan fingerprint density at radius 2 is 2.17 bits per heavy atom. The summed E-state index contributed by atoms with van der Waals surface area (Å²) in [5, 5.41) is 3.58. The molecule has 0 unspecified atom stereocenters. The molecular formula is C19H25N3O2. The fourth-order valence-corrected chi connectivity index (χ4v) is 3.41. The second-order valence-corrected chi connectivity index (χ2v) is 7.11. The summed E-state index contributed by atoms with van der Waals surface area (Å²) in [6.07, 6.45) is 1.11. The average Bonchev–Trinajstić information content (AvgIpc) is 2.99. The molecule has 0 radical (unpaired) electrons. The summed E-state index contributed by atoms with van der Waals surface area (Å²) in [5.74, 6) is 0.945. The van der Waals surface area contributed by atoms with Crippen molar-refractivity contribution in [3.05, 3.63) is 46.2 Å². The molecule has 1 saturated heterocycles. The molecule has 2 N–H and O–H groups in total. The van der Waals surface area contributed by atoms with Crippen molar-refractivity contribution < 1.29 is 4.79 Å². The molecule has 128 valence electrons. The number of aromatic amines is 1. The summed E-state index contributed by atoms with van der Waals surface area (Å²) >= 11 is 0. The molecule has 1 amide bonds. The third-order valence-electron chi connectivity index (χ3n) is 4.53. The van der Waals surface area contributed by atoms with Gasteiger partial charge in [-0.05, 0) is 36.9 Å². The van der Waals surface area contributed by atoms with Crippen molar-refractivity contribution >= 4 is 16.8 Å². The van der Waals surface area contributed by atoms with Gasteiger partial charge in [-0.3, -0.25) is 9.59 Å². The predicted molar refractivity (Wildman–Crippen MR) is 96.3 cm³/mol. The number of hydrogen-bond acceptors (Lipinski definition) is 3. The summed E-state index contributed by atoms with van der Waals surface area (Å²) < 4.78 is 0. The topological polar surface area (TPSA) is 65.2 Å². The molecule has 5 nitrogen and oxygen atoms in total. The number of carbonyl (C=O) groups is 1. The number of rotatable bonds is 5. The molecule has 2 heterocycles. The normalized spacial score (nSPS) is 18.4. The SMILES string of the molecule is CC(C)CN1CC[C@H](CNC(=O)c2cc(=O)c3ccccc3[nH]2)C1. The first kappa shape index (κ1) is 16.7. The Morgan fingerprint density at radius 3 is 2.96 bits per heavy atom. The van der Waals surface area contributed by atoms with Crippen molar-refractivity contribution in [1.82, 2.24) is 15.2 Å². The number of carbonyl (C=O) groups excluding carboxylic acids is 1. The van der Waals surface area contributed by atoms with Gasteiger partial charge in [0.15, 0.2) is 5.43 Å². The van der Waals surface area contributed by atoms with E-state index in [1.165, 1.54) is 6.07 Å². The zero-order valence-electron chi connectivity index (χ0n) is 14.3. The van der Waals surface area contributed by atoms with Crippen molar-refractivity contribution in [3.63, 3.8) is 0 Å². The van der Waals surface area contributed by atoms with Gasteiger partial charge >= 0.3 is 0 Å². The standard InChI is InChI=1S/C19H25N3O2/c1-13(2)11-22-8-7-14(12-22)10-20-19(24)17-9-18(23)15-5-3-4-6-16(15)21-17/h3-6,9,13-14H,7-8,10-12H2,1-2H3,(H,20,24)(H,21,23)/t14-/m1/s1. The highest BCUT2D eigenvalue weighted by Crippen LogP contribution is 2.16. The molecule has 1 aromatic carbocycles. The Kier molecular flexibility index (Phi) is 5.00. The molecular weight excluding hydrogens is 302 g/mol. The molecule has 1 fully saturated rings. The number of H-pyrrole nitrogens is 1. The number of fused-ring (bicyclic) bond motifs is 1. The molecule has 0 saturated carbocycles. The van der Waals surface area contributed by atoms with Gasteiger partial charge in [0.2, 0.25) is 0 Å². The van der Waals surface area contributed by atoms with E-state index in [0.29, 0.717) is 35.0 Å². The quantitative estimate of drug-likeness (QED) is 0.885. The van der Waals surface area contributed by atoms with Crippen molar-refractivity contribution in [2.24, 2.45) is 11.8 Å². The van der Waals surface area contributed by atoms with Gasteiger partial charge in [-0.15, -0.1) is 0 Å². The predicted octanol–water partition coefficient (Wildman–Crippen LogP) is 2.24. The van der Waals surface area contributed by atoms with Crippen molar-refractivity contribution in [2.45, 2.75) is 20.3 Å². The monoisotopic (exact) mass is 327 g/mol. The number of aromatic nitrogens is 1. The zero-order valence-corrected chi connectivity index (χ0v) is 14.3. The molecule has 1 aliphatic heterocycles.